The molecule has 1 fully saturated rings. The summed E-state index contributed by atoms with van der Waals surface area (Å²) < 4.78 is 33.3. The summed E-state index contributed by atoms with van der Waals surface area (Å²) in [4.78, 5) is 12.4. The lowest BCUT2D eigenvalue weighted by molar-refractivity contribution is 0.0953. The minimum atomic E-state index is -3.74. The zero-order valence-corrected chi connectivity index (χ0v) is 18.7. The zero-order chi connectivity index (χ0) is 20.0. The Hall–Kier alpha value is -1.35. The number of methoxy groups -OCH3 is 1. The van der Waals surface area contributed by atoms with E-state index in [2.05, 4.69) is 24.5 Å². The maximum Gasteiger partial charge on any atom is 0.251 e. The number of hydrogen-bond acceptors (Lipinski definition) is 5. The van der Waals surface area contributed by atoms with Crippen LogP contribution in [0.1, 0.15) is 37.6 Å². The molecule has 1 aliphatic heterocycles. The van der Waals surface area contributed by atoms with Gasteiger partial charge in [-0.05, 0) is 43.0 Å². The Balaban J connectivity index is 0.00000392. The van der Waals surface area contributed by atoms with Crippen molar-refractivity contribution in [3.05, 3.63) is 23.8 Å². The van der Waals surface area contributed by atoms with Gasteiger partial charge in [-0.2, -0.15) is 4.31 Å². The summed E-state index contributed by atoms with van der Waals surface area (Å²) in [6.45, 7) is 9.03. The minimum Gasteiger partial charge on any atom is -0.495 e. The molecule has 0 radical (unpaired) electrons. The van der Waals surface area contributed by atoms with Crippen LogP contribution in [0.25, 0.3) is 0 Å². The van der Waals surface area contributed by atoms with E-state index < -0.39 is 10.0 Å². The highest BCUT2D eigenvalue weighted by molar-refractivity contribution is 7.89. The number of halogens is 1. The normalized spacial score (nSPS) is 20.3. The Morgan fingerprint density at radius 2 is 1.86 bits per heavy atom. The van der Waals surface area contributed by atoms with Crippen LogP contribution >= 0.6 is 12.4 Å². The molecule has 0 saturated carbocycles. The third kappa shape index (κ3) is 6.07. The molecule has 2 atom stereocenters. The van der Waals surface area contributed by atoms with E-state index in [-0.39, 0.29) is 29.0 Å². The third-order valence-electron chi connectivity index (χ3n) is 4.72. The molecule has 0 bridgehead atoms. The standard InChI is InChI=1S/C19H31N3O4S.ClH/c1-5-20-8-9-21-19(23)16-6-7-17(26-4)18(11-16)27(24,25)22-12-14(2)10-15(3)13-22;/h6-7,11,14-15,20H,5,8-10,12-13H2,1-4H3,(H,21,23);1H. The number of piperidine rings is 1. The van der Waals surface area contributed by atoms with Gasteiger partial charge in [0, 0.05) is 31.7 Å². The molecule has 2 unspecified atom stereocenters. The van der Waals surface area contributed by atoms with E-state index in [1.807, 2.05) is 6.92 Å². The molecule has 1 heterocycles. The number of nitrogens with zero attached hydrogens (tertiary/aromatic N) is 1. The van der Waals surface area contributed by atoms with Crippen LogP contribution in [0.4, 0.5) is 0 Å². The van der Waals surface area contributed by atoms with Gasteiger partial charge in [-0.3, -0.25) is 4.79 Å². The summed E-state index contributed by atoms with van der Waals surface area (Å²) in [5.74, 6) is 0.552. The number of hydrogen-bond donors (Lipinski definition) is 2. The lowest BCUT2D eigenvalue weighted by atomic mass is 9.94. The molecule has 2 rings (SSSR count). The average molecular weight is 434 g/mol. The van der Waals surface area contributed by atoms with Gasteiger partial charge in [0.05, 0.1) is 7.11 Å². The first-order valence-corrected chi connectivity index (χ1v) is 10.9. The summed E-state index contributed by atoms with van der Waals surface area (Å²) in [5, 5.41) is 5.92. The maximum absolute atomic E-state index is 13.2. The topological polar surface area (TPSA) is 87.7 Å². The van der Waals surface area contributed by atoms with Crippen molar-refractivity contribution in [3.8, 4) is 5.75 Å². The van der Waals surface area contributed by atoms with Crippen LogP contribution in [0, 0.1) is 11.8 Å². The Labute approximate surface area is 174 Å². The van der Waals surface area contributed by atoms with Gasteiger partial charge in [0.25, 0.3) is 5.91 Å². The molecule has 1 saturated heterocycles. The summed E-state index contributed by atoms with van der Waals surface area (Å²) in [7, 11) is -2.30. The van der Waals surface area contributed by atoms with Gasteiger partial charge in [0.2, 0.25) is 10.0 Å². The number of ether oxygens (including phenoxy) is 1. The summed E-state index contributed by atoms with van der Waals surface area (Å²) in [5.41, 5.74) is 0.309. The van der Waals surface area contributed by atoms with Crippen molar-refractivity contribution in [2.24, 2.45) is 11.8 Å². The maximum atomic E-state index is 13.2. The Kier molecular flexibility index (Phi) is 9.69. The second kappa shape index (κ2) is 11.0. The molecule has 1 aromatic carbocycles. The molecule has 1 aromatic rings. The van der Waals surface area contributed by atoms with E-state index in [9.17, 15) is 13.2 Å². The number of carbonyl (C=O) groups is 1. The Bertz CT molecular complexity index is 748. The quantitative estimate of drug-likeness (QED) is 0.613. The fourth-order valence-electron chi connectivity index (χ4n) is 3.50. The second-order valence-corrected chi connectivity index (χ2v) is 9.15. The van der Waals surface area contributed by atoms with E-state index in [4.69, 9.17) is 4.74 Å². The van der Waals surface area contributed by atoms with E-state index in [1.54, 1.807) is 12.1 Å². The first kappa shape index (κ1) is 24.7. The van der Waals surface area contributed by atoms with Gasteiger partial charge in [0.15, 0.2) is 0 Å². The highest BCUT2D eigenvalue weighted by Gasteiger charge is 2.34. The van der Waals surface area contributed by atoms with Crippen molar-refractivity contribution in [2.45, 2.75) is 32.1 Å². The zero-order valence-electron chi connectivity index (χ0n) is 17.0. The molecular formula is C19H32ClN3O4S. The molecule has 1 aliphatic rings. The molecule has 7 nitrogen and oxygen atoms in total. The molecule has 160 valence electrons. The van der Waals surface area contributed by atoms with Crippen molar-refractivity contribution in [3.63, 3.8) is 0 Å². The van der Waals surface area contributed by atoms with E-state index >= 15 is 0 Å². The predicted octanol–water partition coefficient (Wildman–Crippen LogP) is 2.12. The van der Waals surface area contributed by atoms with Crippen molar-refractivity contribution < 1.29 is 17.9 Å². The van der Waals surface area contributed by atoms with E-state index in [0.29, 0.717) is 43.6 Å². The van der Waals surface area contributed by atoms with Crippen LogP contribution in [0.2, 0.25) is 0 Å². The number of sulfonamides is 1. The molecule has 2 N–H and O–H groups in total. The summed E-state index contributed by atoms with van der Waals surface area (Å²) >= 11 is 0. The van der Waals surface area contributed by atoms with Gasteiger partial charge < -0.3 is 15.4 Å². The van der Waals surface area contributed by atoms with Crippen LogP contribution in [0.5, 0.6) is 5.75 Å². The molecule has 0 aromatic heterocycles. The lowest BCUT2D eigenvalue weighted by Crippen LogP contribution is -2.42. The number of nitrogens with one attached hydrogen (secondary N) is 2. The number of benzene rings is 1. The van der Waals surface area contributed by atoms with Gasteiger partial charge in [-0.15, -0.1) is 12.4 Å². The molecule has 1 amide bonds. The van der Waals surface area contributed by atoms with Crippen molar-refractivity contribution in [1.82, 2.24) is 14.9 Å². The first-order valence-electron chi connectivity index (χ1n) is 9.46. The molecule has 0 aliphatic carbocycles. The number of amides is 1. The van der Waals surface area contributed by atoms with E-state index in [0.717, 1.165) is 13.0 Å². The smallest absolute Gasteiger partial charge is 0.251 e. The van der Waals surface area contributed by atoms with E-state index in [1.165, 1.54) is 17.5 Å². The minimum absolute atomic E-state index is 0. The predicted molar refractivity (Wildman–Crippen MR) is 113 cm³/mol. The third-order valence-corrected chi connectivity index (χ3v) is 6.57. The molecular weight excluding hydrogens is 402 g/mol. The summed E-state index contributed by atoms with van der Waals surface area (Å²) in [6.07, 6.45) is 1.01. The van der Waals surface area contributed by atoms with Crippen LogP contribution < -0.4 is 15.4 Å². The number of rotatable bonds is 8. The van der Waals surface area contributed by atoms with Crippen LogP contribution in [-0.2, 0) is 10.0 Å². The van der Waals surface area contributed by atoms with Crippen LogP contribution in [0.3, 0.4) is 0 Å². The monoisotopic (exact) mass is 433 g/mol. The SMILES string of the molecule is CCNCCNC(=O)c1ccc(OC)c(S(=O)(=O)N2CC(C)CC(C)C2)c1.Cl. The highest BCUT2D eigenvalue weighted by Crippen LogP contribution is 2.32. The average Bonchev–Trinajstić information content (AvgIpc) is 2.63. The van der Waals surface area contributed by atoms with Crippen molar-refractivity contribution >= 4 is 28.3 Å². The molecule has 28 heavy (non-hydrogen) atoms. The molecule has 0 spiro atoms. The highest BCUT2D eigenvalue weighted by atomic mass is 35.5. The van der Waals surface area contributed by atoms with Gasteiger partial charge in [-0.25, -0.2) is 8.42 Å². The van der Waals surface area contributed by atoms with Gasteiger partial charge in [0.1, 0.15) is 10.6 Å². The first-order chi connectivity index (χ1) is 12.8. The Morgan fingerprint density at radius 3 is 2.43 bits per heavy atom. The fraction of sp³-hybridized carbons (Fsp3) is 0.632. The Morgan fingerprint density at radius 1 is 1.21 bits per heavy atom. The second-order valence-electron chi connectivity index (χ2n) is 7.24. The van der Waals surface area contributed by atoms with Crippen LogP contribution in [-0.4, -0.2) is 58.5 Å². The van der Waals surface area contributed by atoms with Crippen LogP contribution in [0.15, 0.2) is 23.1 Å². The lowest BCUT2D eigenvalue weighted by Gasteiger charge is -2.34. The fourth-order valence-corrected chi connectivity index (χ4v) is 5.37. The number of likely N-dealkylation sites (N-methyl/N-ethyl adjacent to an activating group) is 1. The largest absolute Gasteiger partial charge is 0.495 e. The van der Waals surface area contributed by atoms with Gasteiger partial charge in [-0.1, -0.05) is 20.8 Å². The van der Waals surface area contributed by atoms with Gasteiger partial charge >= 0.3 is 0 Å². The summed E-state index contributed by atoms with van der Waals surface area (Å²) in [6, 6.07) is 4.55. The molecule has 9 heteroatoms. The van der Waals surface area contributed by atoms with Crippen molar-refractivity contribution in [1.29, 1.82) is 0 Å². The number of carbonyl (C=O) groups excluding carboxylic acids is 1. The van der Waals surface area contributed by atoms with Crippen molar-refractivity contribution in [2.75, 3.05) is 39.8 Å².